The third kappa shape index (κ3) is 7.33. The molecule has 0 atom stereocenters. The number of alkyl halides is 3. The lowest BCUT2D eigenvalue weighted by Crippen LogP contribution is -2.28. The van der Waals surface area contributed by atoms with Gasteiger partial charge in [0.1, 0.15) is 17.2 Å². The minimum Gasteiger partial charge on any atom is -0.348 e. The van der Waals surface area contributed by atoms with Crippen LogP contribution in [0.5, 0.6) is 0 Å². The number of amides is 1. The number of carbonyl (C=O) groups excluding carboxylic acids is 1. The van der Waals surface area contributed by atoms with Crippen LogP contribution < -0.4 is 16.0 Å². The first kappa shape index (κ1) is 29.0. The quantitative estimate of drug-likeness (QED) is 0.333. The van der Waals surface area contributed by atoms with Crippen LogP contribution in [0.1, 0.15) is 27.0 Å². The van der Waals surface area contributed by atoms with Crippen LogP contribution in [0, 0.1) is 0 Å². The van der Waals surface area contributed by atoms with E-state index in [0.717, 1.165) is 6.07 Å². The molecule has 1 aromatic carbocycles. The lowest BCUT2D eigenvalue weighted by molar-refractivity contribution is -0.138. The van der Waals surface area contributed by atoms with Gasteiger partial charge in [-0.2, -0.15) is 22.5 Å². The summed E-state index contributed by atoms with van der Waals surface area (Å²) in [7, 11) is -0.621. The summed E-state index contributed by atoms with van der Waals surface area (Å²) in [6.07, 6.45) is 1.48. The highest BCUT2D eigenvalue weighted by Crippen LogP contribution is 2.38. The van der Waals surface area contributed by atoms with Crippen molar-refractivity contribution in [3.05, 3.63) is 71.4 Å². The van der Waals surface area contributed by atoms with Crippen molar-refractivity contribution in [2.24, 2.45) is 4.36 Å². The topological polar surface area (TPSA) is 125 Å². The van der Waals surface area contributed by atoms with E-state index in [4.69, 9.17) is 0 Å². The zero-order valence-electron chi connectivity index (χ0n) is 22.2. The Morgan fingerprint density at radius 1 is 1.23 bits per heavy atom. The molecule has 0 radical (unpaired) electrons. The van der Waals surface area contributed by atoms with Crippen molar-refractivity contribution in [2.45, 2.75) is 19.1 Å². The molecule has 2 aromatic heterocycles. The smallest absolute Gasteiger partial charge is 0.348 e. The van der Waals surface area contributed by atoms with Crippen molar-refractivity contribution in [1.82, 2.24) is 25.2 Å². The Balaban J connectivity index is 1.72. The Bertz CT molecular complexity index is 1560. The van der Waals surface area contributed by atoms with Crippen LogP contribution in [-0.2, 0) is 28.9 Å². The lowest BCUT2D eigenvalue weighted by Gasteiger charge is -2.28. The summed E-state index contributed by atoms with van der Waals surface area (Å²) in [5, 5.41) is 8.44. The van der Waals surface area contributed by atoms with E-state index in [-0.39, 0.29) is 46.8 Å². The Labute approximate surface area is 230 Å². The highest BCUT2D eigenvalue weighted by molar-refractivity contribution is 7.92. The molecule has 0 unspecified atom stereocenters. The molecule has 0 bridgehead atoms. The van der Waals surface area contributed by atoms with Crippen molar-refractivity contribution in [3.8, 4) is 0 Å². The van der Waals surface area contributed by atoms with Crippen LogP contribution in [0.25, 0.3) is 0 Å². The first-order chi connectivity index (χ1) is 18.8. The normalized spacial score (nSPS) is 13.8. The van der Waals surface area contributed by atoms with Gasteiger partial charge in [-0.05, 0) is 48.9 Å². The molecule has 1 amide bonds. The highest BCUT2D eigenvalue weighted by atomic mass is 32.2. The fourth-order valence-electron chi connectivity index (χ4n) is 4.15. The molecule has 4 rings (SSSR count). The van der Waals surface area contributed by atoms with Gasteiger partial charge in [-0.1, -0.05) is 12.1 Å². The van der Waals surface area contributed by atoms with Crippen molar-refractivity contribution in [2.75, 3.05) is 43.3 Å². The molecule has 3 N–H and O–H groups in total. The maximum atomic E-state index is 13.9. The Hall–Kier alpha value is -4.04. The van der Waals surface area contributed by atoms with Gasteiger partial charge in [-0.25, -0.2) is 14.2 Å². The zero-order valence-corrected chi connectivity index (χ0v) is 23.0. The third-order valence-electron chi connectivity index (χ3n) is 5.82. The molecule has 40 heavy (non-hydrogen) atoms. The summed E-state index contributed by atoms with van der Waals surface area (Å²) >= 11 is 0. The number of anilines is 4. The number of hydrogen-bond donors (Lipinski definition) is 3. The van der Waals surface area contributed by atoms with E-state index < -0.39 is 27.4 Å². The second kappa shape index (κ2) is 11.6. The molecule has 0 fully saturated rings. The molecular weight excluding hydrogens is 545 g/mol. The van der Waals surface area contributed by atoms with Gasteiger partial charge in [-0.15, -0.1) is 6.58 Å². The van der Waals surface area contributed by atoms with Gasteiger partial charge < -0.3 is 20.9 Å². The molecule has 212 valence electrons. The fourth-order valence-corrected chi connectivity index (χ4v) is 4.70. The summed E-state index contributed by atoms with van der Waals surface area (Å²) in [4.78, 5) is 27.6. The van der Waals surface area contributed by atoms with E-state index in [1.54, 1.807) is 24.3 Å². The van der Waals surface area contributed by atoms with Crippen molar-refractivity contribution in [3.63, 3.8) is 0 Å². The lowest BCUT2D eigenvalue weighted by atomic mass is 9.93. The number of fused-ring (bicyclic) bond motifs is 1. The van der Waals surface area contributed by atoms with Crippen LogP contribution in [0.3, 0.4) is 0 Å². The molecular formula is C26H29F3N8O2S. The predicted molar refractivity (Wildman–Crippen MR) is 149 cm³/mol. The summed E-state index contributed by atoms with van der Waals surface area (Å²) in [6, 6.07) is 7.52. The summed E-state index contributed by atoms with van der Waals surface area (Å²) < 4.78 is 57.9. The SMILES string of the molecule is C=CCNC(=O)c1cnc(Nc2cc3c(c(C(F)(F)F)c2)CCN(C)C3)nc1Nc1cccc(N=S(C)(C)=O)n1. The molecule has 1 aliphatic rings. The molecule has 3 heterocycles. The van der Waals surface area contributed by atoms with E-state index in [0.29, 0.717) is 25.1 Å². The maximum absolute atomic E-state index is 13.9. The molecule has 0 aliphatic carbocycles. The first-order valence-corrected chi connectivity index (χ1v) is 14.5. The number of pyridine rings is 1. The largest absolute Gasteiger partial charge is 0.416 e. The Kier molecular flexibility index (Phi) is 8.40. The van der Waals surface area contributed by atoms with E-state index in [1.165, 1.54) is 24.8 Å². The fraction of sp³-hybridized carbons (Fsp3) is 0.308. The molecule has 3 aromatic rings. The van der Waals surface area contributed by atoms with Gasteiger partial charge in [0.25, 0.3) is 5.91 Å². The average Bonchev–Trinajstić information content (AvgIpc) is 2.85. The average molecular weight is 575 g/mol. The number of halogens is 3. The summed E-state index contributed by atoms with van der Waals surface area (Å²) in [5.74, 6) is -0.0273. The third-order valence-corrected chi connectivity index (χ3v) is 6.45. The van der Waals surface area contributed by atoms with Gasteiger partial charge in [0, 0.05) is 53.8 Å². The van der Waals surface area contributed by atoms with Crippen LogP contribution in [-0.4, -0.2) is 62.6 Å². The molecule has 0 saturated heterocycles. The monoisotopic (exact) mass is 574 g/mol. The van der Waals surface area contributed by atoms with E-state index >= 15 is 0 Å². The minimum absolute atomic E-state index is 0.0361. The highest BCUT2D eigenvalue weighted by Gasteiger charge is 2.36. The van der Waals surface area contributed by atoms with E-state index in [1.807, 2.05) is 11.9 Å². The van der Waals surface area contributed by atoms with Gasteiger partial charge >= 0.3 is 6.18 Å². The van der Waals surface area contributed by atoms with Gasteiger partial charge in [0.05, 0.1) is 5.56 Å². The molecule has 10 nitrogen and oxygen atoms in total. The van der Waals surface area contributed by atoms with E-state index in [2.05, 4.69) is 41.8 Å². The van der Waals surface area contributed by atoms with Gasteiger partial charge in [0.15, 0.2) is 5.82 Å². The summed E-state index contributed by atoms with van der Waals surface area (Å²) in [5.41, 5.74) is 0.379. The number of nitrogens with one attached hydrogen (secondary N) is 3. The van der Waals surface area contributed by atoms with Crippen molar-refractivity contribution < 1.29 is 22.2 Å². The standard InChI is InChI=1S/C26H29F3N8O2S/c1-5-10-30-24(38)19-14-31-25(35-23(19)34-21-7-6-8-22(33-21)36-40(3,4)39)32-17-12-16-15-37(2)11-9-18(16)20(13-17)26(27,28)29/h5-8,12-14H,1,9-11,15H2,2-4H3,(H,30,38)(H2,31,32,33,34,35). The zero-order chi connectivity index (χ0) is 29.1. The van der Waals surface area contributed by atoms with Crippen LogP contribution in [0.4, 0.5) is 42.3 Å². The first-order valence-electron chi connectivity index (χ1n) is 12.2. The number of aromatic nitrogens is 3. The summed E-state index contributed by atoms with van der Waals surface area (Å²) in [6.45, 7) is 4.68. The Morgan fingerprint density at radius 3 is 2.70 bits per heavy atom. The molecule has 0 saturated carbocycles. The Morgan fingerprint density at radius 2 is 2.00 bits per heavy atom. The number of likely N-dealkylation sites (N-methyl/N-ethyl adjacent to an activating group) is 1. The number of hydrogen-bond acceptors (Lipinski definition) is 9. The van der Waals surface area contributed by atoms with Crippen LogP contribution in [0.2, 0.25) is 0 Å². The van der Waals surface area contributed by atoms with Crippen molar-refractivity contribution in [1.29, 1.82) is 0 Å². The number of carbonyl (C=O) groups is 1. The van der Waals surface area contributed by atoms with Crippen LogP contribution >= 0.6 is 0 Å². The maximum Gasteiger partial charge on any atom is 0.416 e. The van der Waals surface area contributed by atoms with Crippen molar-refractivity contribution >= 4 is 44.7 Å². The minimum atomic E-state index is -4.53. The second-order valence-electron chi connectivity index (χ2n) is 9.51. The molecule has 1 aliphatic heterocycles. The predicted octanol–water partition coefficient (Wildman–Crippen LogP) is 4.64. The molecule has 14 heteroatoms. The van der Waals surface area contributed by atoms with Crippen LogP contribution in [0.15, 0.2) is 53.5 Å². The number of rotatable bonds is 8. The van der Waals surface area contributed by atoms with Gasteiger partial charge in [0.2, 0.25) is 5.95 Å². The van der Waals surface area contributed by atoms with Gasteiger partial charge in [-0.3, -0.25) is 4.79 Å². The number of nitrogens with zero attached hydrogens (tertiary/aromatic N) is 5. The van der Waals surface area contributed by atoms with E-state index in [9.17, 15) is 22.2 Å². The number of benzene rings is 1. The molecule has 0 spiro atoms. The second-order valence-corrected chi connectivity index (χ2v) is 12.1.